The Hall–Kier alpha value is -2.82. The normalized spacial score (nSPS) is 10.7. The fraction of sp³-hybridized carbons (Fsp3) is 0.0667. The largest absolute Gasteiger partial charge is 0.465 e. The van der Waals surface area contributed by atoms with Crippen LogP contribution in [0.1, 0.15) is 10.4 Å². The van der Waals surface area contributed by atoms with Gasteiger partial charge in [0.1, 0.15) is 5.52 Å². The van der Waals surface area contributed by atoms with Crippen LogP contribution in [0.25, 0.3) is 22.2 Å². The van der Waals surface area contributed by atoms with Crippen LogP contribution in [0.3, 0.4) is 0 Å². The molecular weight excluding hydrogens is 256 g/mol. The molecule has 5 heteroatoms. The fourth-order valence-corrected chi connectivity index (χ4v) is 2.07. The Morgan fingerprint density at radius 1 is 1.20 bits per heavy atom. The number of nitrogens with zero attached hydrogens (tertiary/aromatic N) is 1. The Morgan fingerprint density at radius 2 is 2.00 bits per heavy atom. The number of methoxy groups -OCH3 is 1. The molecule has 0 aliphatic heterocycles. The maximum Gasteiger partial charge on any atom is 0.337 e. The highest BCUT2D eigenvalue weighted by Gasteiger charge is 2.09. The molecule has 0 fully saturated rings. The number of rotatable bonds is 2. The van der Waals surface area contributed by atoms with Gasteiger partial charge in [-0.25, -0.2) is 4.79 Å². The number of esters is 1. The summed E-state index contributed by atoms with van der Waals surface area (Å²) in [6, 6.07) is 12.9. The molecule has 0 saturated heterocycles. The number of hydrogen-bond acceptors (Lipinski definition) is 5. The van der Waals surface area contributed by atoms with E-state index in [0.29, 0.717) is 16.7 Å². The molecule has 1 aromatic heterocycles. The number of carbonyl (C=O) groups is 1. The van der Waals surface area contributed by atoms with E-state index in [4.69, 9.17) is 14.9 Å². The van der Waals surface area contributed by atoms with Gasteiger partial charge in [0, 0.05) is 0 Å². The quantitative estimate of drug-likeness (QED) is 0.723. The predicted molar refractivity (Wildman–Crippen MR) is 75.2 cm³/mol. The Kier molecular flexibility index (Phi) is 2.87. The van der Waals surface area contributed by atoms with Gasteiger partial charge in [-0.3, -0.25) is 0 Å². The Bertz CT molecular complexity index is 793. The summed E-state index contributed by atoms with van der Waals surface area (Å²) < 4.78 is 9.95. The second kappa shape index (κ2) is 4.70. The molecule has 0 atom stereocenters. The average molecular weight is 268 g/mol. The molecule has 100 valence electrons. The van der Waals surface area contributed by atoms with Crippen LogP contribution in [-0.2, 0) is 4.74 Å². The van der Waals surface area contributed by atoms with Crippen molar-refractivity contribution in [2.45, 2.75) is 0 Å². The number of nitrogen functional groups attached to an aromatic ring is 1. The van der Waals surface area contributed by atoms with Crippen molar-refractivity contribution in [1.29, 1.82) is 0 Å². The van der Waals surface area contributed by atoms with Gasteiger partial charge >= 0.3 is 5.97 Å². The zero-order valence-electron chi connectivity index (χ0n) is 10.8. The second-order valence-corrected chi connectivity index (χ2v) is 4.31. The third kappa shape index (κ3) is 2.09. The number of oxazole rings is 1. The first-order valence-corrected chi connectivity index (χ1v) is 6.02. The van der Waals surface area contributed by atoms with Crippen LogP contribution < -0.4 is 5.73 Å². The van der Waals surface area contributed by atoms with Gasteiger partial charge < -0.3 is 14.9 Å². The number of carbonyl (C=O) groups excluding carboxylic acids is 1. The van der Waals surface area contributed by atoms with Crippen molar-refractivity contribution in [2.24, 2.45) is 0 Å². The molecule has 0 amide bonds. The van der Waals surface area contributed by atoms with Gasteiger partial charge in [0.05, 0.1) is 12.7 Å². The van der Waals surface area contributed by atoms with Gasteiger partial charge in [-0.1, -0.05) is 18.2 Å². The molecule has 0 spiro atoms. The van der Waals surface area contributed by atoms with Gasteiger partial charge in [-0.2, -0.15) is 4.98 Å². The second-order valence-electron chi connectivity index (χ2n) is 4.31. The average Bonchev–Trinajstić information content (AvgIpc) is 2.85. The Labute approximate surface area is 115 Å². The van der Waals surface area contributed by atoms with Crippen molar-refractivity contribution in [3.63, 3.8) is 0 Å². The first kappa shape index (κ1) is 12.2. The monoisotopic (exact) mass is 268 g/mol. The van der Waals surface area contributed by atoms with Crippen molar-refractivity contribution >= 4 is 23.1 Å². The van der Waals surface area contributed by atoms with Crippen LogP contribution in [0.5, 0.6) is 0 Å². The third-order valence-electron chi connectivity index (χ3n) is 3.02. The van der Waals surface area contributed by atoms with E-state index in [9.17, 15) is 4.79 Å². The lowest BCUT2D eigenvalue weighted by Gasteiger charge is -2.04. The number of ether oxygens (including phenoxy) is 1. The maximum atomic E-state index is 11.5. The van der Waals surface area contributed by atoms with Crippen molar-refractivity contribution in [2.75, 3.05) is 12.8 Å². The topological polar surface area (TPSA) is 78.3 Å². The van der Waals surface area contributed by atoms with Crippen LogP contribution in [0.15, 0.2) is 46.9 Å². The van der Waals surface area contributed by atoms with E-state index in [1.165, 1.54) is 7.11 Å². The lowest BCUT2D eigenvalue weighted by molar-refractivity contribution is 0.0601. The van der Waals surface area contributed by atoms with Gasteiger partial charge in [0.15, 0.2) is 5.58 Å². The highest BCUT2D eigenvalue weighted by molar-refractivity contribution is 5.91. The van der Waals surface area contributed by atoms with Crippen molar-refractivity contribution in [3.8, 4) is 11.1 Å². The van der Waals surface area contributed by atoms with Gasteiger partial charge in [0.2, 0.25) is 0 Å². The molecule has 2 aromatic carbocycles. The number of benzene rings is 2. The van der Waals surface area contributed by atoms with E-state index in [1.54, 1.807) is 18.2 Å². The molecule has 3 rings (SSSR count). The summed E-state index contributed by atoms with van der Waals surface area (Å²) in [7, 11) is 1.36. The molecule has 20 heavy (non-hydrogen) atoms. The highest BCUT2D eigenvalue weighted by atomic mass is 16.5. The first-order chi connectivity index (χ1) is 9.67. The number of aromatic nitrogens is 1. The van der Waals surface area contributed by atoms with E-state index >= 15 is 0 Å². The Balaban J connectivity index is 2.08. The number of fused-ring (bicyclic) bond motifs is 1. The molecule has 2 N–H and O–H groups in total. The summed E-state index contributed by atoms with van der Waals surface area (Å²) in [4.78, 5) is 15.6. The molecule has 0 aliphatic carbocycles. The van der Waals surface area contributed by atoms with Crippen molar-refractivity contribution < 1.29 is 13.9 Å². The lowest BCUT2D eigenvalue weighted by atomic mass is 10.0. The van der Waals surface area contributed by atoms with Crippen LogP contribution in [0.4, 0.5) is 6.01 Å². The fourth-order valence-electron chi connectivity index (χ4n) is 2.07. The molecule has 0 radical (unpaired) electrons. The number of hydrogen-bond donors (Lipinski definition) is 1. The molecule has 0 saturated carbocycles. The van der Waals surface area contributed by atoms with Crippen LogP contribution in [0.2, 0.25) is 0 Å². The summed E-state index contributed by atoms with van der Waals surface area (Å²) in [5.41, 5.74) is 9.17. The van der Waals surface area contributed by atoms with Crippen LogP contribution in [-0.4, -0.2) is 18.1 Å². The minimum Gasteiger partial charge on any atom is -0.465 e. The summed E-state index contributed by atoms with van der Waals surface area (Å²) >= 11 is 0. The zero-order chi connectivity index (χ0) is 14.1. The smallest absolute Gasteiger partial charge is 0.337 e. The van der Waals surface area contributed by atoms with Gasteiger partial charge in [-0.05, 0) is 35.4 Å². The minimum absolute atomic E-state index is 0.139. The summed E-state index contributed by atoms with van der Waals surface area (Å²) in [5.74, 6) is -0.362. The summed E-state index contributed by atoms with van der Waals surface area (Å²) in [5, 5.41) is 0. The minimum atomic E-state index is -0.362. The van der Waals surface area contributed by atoms with E-state index in [1.807, 2.05) is 24.3 Å². The van der Waals surface area contributed by atoms with E-state index in [-0.39, 0.29) is 12.0 Å². The van der Waals surface area contributed by atoms with E-state index < -0.39 is 0 Å². The maximum absolute atomic E-state index is 11.5. The number of nitrogens with two attached hydrogens (primary N) is 1. The van der Waals surface area contributed by atoms with Crippen LogP contribution in [0, 0.1) is 0 Å². The summed E-state index contributed by atoms with van der Waals surface area (Å²) in [6.07, 6.45) is 0. The first-order valence-electron chi connectivity index (χ1n) is 6.02. The molecule has 3 aromatic rings. The SMILES string of the molecule is COC(=O)c1cccc(-c2ccc3oc(N)nc3c2)c1. The highest BCUT2D eigenvalue weighted by Crippen LogP contribution is 2.26. The molecular formula is C15H12N2O3. The summed E-state index contributed by atoms with van der Waals surface area (Å²) in [6.45, 7) is 0. The molecule has 0 aliphatic rings. The van der Waals surface area contributed by atoms with Gasteiger partial charge in [-0.15, -0.1) is 0 Å². The molecule has 5 nitrogen and oxygen atoms in total. The van der Waals surface area contributed by atoms with Crippen molar-refractivity contribution in [1.82, 2.24) is 4.98 Å². The van der Waals surface area contributed by atoms with Gasteiger partial charge in [0.25, 0.3) is 6.01 Å². The van der Waals surface area contributed by atoms with E-state index in [2.05, 4.69) is 4.98 Å². The number of anilines is 1. The zero-order valence-corrected chi connectivity index (χ0v) is 10.8. The molecule has 0 bridgehead atoms. The van der Waals surface area contributed by atoms with E-state index in [0.717, 1.165) is 11.1 Å². The molecule has 0 unspecified atom stereocenters. The Morgan fingerprint density at radius 3 is 2.80 bits per heavy atom. The predicted octanol–water partition coefficient (Wildman–Crippen LogP) is 2.86. The third-order valence-corrected chi connectivity index (χ3v) is 3.02. The van der Waals surface area contributed by atoms with Crippen molar-refractivity contribution in [3.05, 3.63) is 48.0 Å². The lowest BCUT2D eigenvalue weighted by Crippen LogP contribution is -2.00. The standard InChI is InChI=1S/C15H12N2O3/c1-19-14(18)11-4-2-3-9(7-11)10-5-6-13-12(8-10)17-15(16)20-13/h2-8H,1H3,(H2,16,17). The molecule has 1 heterocycles. The van der Waals surface area contributed by atoms with Crippen LogP contribution >= 0.6 is 0 Å².